The number of phenolic OH excluding ortho intramolecular Hbond substituents is 1. The standard InChI is InChI=1S/C14H8O5/c1-6(15)10-5-8-12(17)13(18)11-7(14(8)19-10)3-2-4-9(11)16/h2-5,16H,1H3. The van der Waals surface area contributed by atoms with E-state index in [1.807, 2.05) is 0 Å². The van der Waals surface area contributed by atoms with Crippen molar-refractivity contribution in [1.82, 2.24) is 0 Å². The number of carbonyl (C=O) groups excluding carboxylic acids is 3. The summed E-state index contributed by atoms with van der Waals surface area (Å²) in [6.45, 7) is 1.31. The van der Waals surface area contributed by atoms with E-state index < -0.39 is 11.6 Å². The molecule has 5 nitrogen and oxygen atoms in total. The van der Waals surface area contributed by atoms with Crippen LogP contribution in [0.25, 0.3) is 11.3 Å². The van der Waals surface area contributed by atoms with Crippen molar-refractivity contribution in [3.05, 3.63) is 41.2 Å². The zero-order chi connectivity index (χ0) is 13.7. The molecule has 1 aromatic heterocycles. The molecule has 0 atom stereocenters. The second kappa shape index (κ2) is 3.65. The molecule has 0 unspecified atom stereocenters. The fourth-order valence-electron chi connectivity index (χ4n) is 2.14. The van der Waals surface area contributed by atoms with Crippen LogP contribution in [0, 0.1) is 0 Å². The third-order valence-electron chi connectivity index (χ3n) is 3.04. The normalized spacial score (nSPS) is 13.1. The SMILES string of the molecule is CC(=O)c1cc2c(o1)-c1cccc(O)c1C(=O)C2=O. The first-order valence-electron chi connectivity index (χ1n) is 5.57. The highest BCUT2D eigenvalue weighted by molar-refractivity contribution is 6.53. The molecular weight excluding hydrogens is 248 g/mol. The minimum atomic E-state index is -0.795. The fraction of sp³-hybridized carbons (Fsp3) is 0.0714. The molecule has 5 heteroatoms. The largest absolute Gasteiger partial charge is 0.507 e. The first kappa shape index (κ1) is 11.4. The van der Waals surface area contributed by atoms with Crippen molar-refractivity contribution in [3.8, 4) is 17.1 Å². The summed E-state index contributed by atoms with van der Waals surface area (Å²) in [7, 11) is 0. The Labute approximate surface area is 107 Å². The Kier molecular flexibility index (Phi) is 2.19. The molecule has 1 N–H and O–H groups in total. The van der Waals surface area contributed by atoms with E-state index in [9.17, 15) is 19.5 Å². The predicted molar refractivity (Wildman–Crippen MR) is 64.5 cm³/mol. The molecule has 94 valence electrons. The summed E-state index contributed by atoms with van der Waals surface area (Å²) in [6.07, 6.45) is 0. The lowest BCUT2D eigenvalue weighted by molar-refractivity contribution is 0.0813. The van der Waals surface area contributed by atoms with E-state index in [0.717, 1.165) is 0 Å². The van der Waals surface area contributed by atoms with Crippen LogP contribution in [0.2, 0.25) is 0 Å². The van der Waals surface area contributed by atoms with E-state index in [1.165, 1.54) is 25.1 Å². The van der Waals surface area contributed by atoms with Crippen LogP contribution in [0.15, 0.2) is 28.7 Å². The number of rotatable bonds is 1. The molecule has 0 saturated carbocycles. The van der Waals surface area contributed by atoms with Crippen molar-refractivity contribution in [1.29, 1.82) is 0 Å². The number of carbonyl (C=O) groups is 3. The van der Waals surface area contributed by atoms with Gasteiger partial charge in [-0.15, -0.1) is 0 Å². The van der Waals surface area contributed by atoms with Gasteiger partial charge in [0.05, 0.1) is 11.1 Å². The molecule has 0 amide bonds. The van der Waals surface area contributed by atoms with Crippen LogP contribution in [0.3, 0.4) is 0 Å². The lowest BCUT2D eigenvalue weighted by Gasteiger charge is -2.13. The molecule has 1 aliphatic carbocycles. The van der Waals surface area contributed by atoms with Crippen LogP contribution in [0.1, 0.15) is 38.2 Å². The van der Waals surface area contributed by atoms with E-state index in [4.69, 9.17) is 4.42 Å². The highest BCUT2D eigenvalue weighted by Crippen LogP contribution is 2.39. The van der Waals surface area contributed by atoms with E-state index in [-0.39, 0.29) is 34.2 Å². The van der Waals surface area contributed by atoms with Gasteiger partial charge in [0.15, 0.2) is 11.5 Å². The van der Waals surface area contributed by atoms with Gasteiger partial charge in [-0.3, -0.25) is 14.4 Å². The Bertz CT molecular complexity index is 751. The quantitative estimate of drug-likeness (QED) is 0.624. The number of hydrogen-bond acceptors (Lipinski definition) is 5. The van der Waals surface area contributed by atoms with Gasteiger partial charge in [-0.05, 0) is 12.1 Å². The van der Waals surface area contributed by atoms with Crippen molar-refractivity contribution < 1.29 is 23.9 Å². The zero-order valence-electron chi connectivity index (χ0n) is 9.89. The Balaban J connectivity index is 2.37. The second-order valence-electron chi connectivity index (χ2n) is 4.27. The maximum absolute atomic E-state index is 11.9. The molecule has 1 heterocycles. The summed E-state index contributed by atoms with van der Waals surface area (Å²) < 4.78 is 5.33. The molecule has 2 aromatic rings. The van der Waals surface area contributed by atoms with E-state index in [1.54, 1.807) is 6.07 Å². The number of fused-ring (bicyclic) bond motifs is 3. The van der Waals surface area contributed by atoms with Crippen LogP contribution in [-0.4, -0.2) is 22.5 Å². The molecule has 0 spiro atoms. The molecule has 0 aliphatic heterocycles. The molecule has 19 heavy (non-hydrogen) atoms. The van der Waals surface area contributed by atoms with Crippen LogP contribution >= 0.6 is 0 Å². The maximum atomic E-state index is 11.9. The monoisotopic (exact) mass is 256 g/mol. The fourth-order valence-corrected chi connectivity index (χ4v) is 2.14. The summed E-state index contributed by atoms with van der Waals surface area (Å²) in [5, 5.41) is 9.70. The number of benzene rings is 1. The smallest absolute Gasteiger partial charge is 0.238 e. The van der Waals surface area contributed by atoms with Gasteiger partial charge in [0.1, 0.15) is 11.5 Å². The van der Waals surface area contributed by atoms with Crippen LogP contribution in [0.5, 0.6) is 5.75 Å². The number of ketones is 3. The van der Waals surface area contributed by atoms with E-state index in [2.05, 4.69) is 0 Å². The third kappa shape index (κ3) is 1.45. The molecule has 1 aromatic carbocycles. The molecule has 0 fully saturated rings. The summed E-state index contributed by atoms with van der Waals surface area (Å²) in [6, 6.07) is 5.69. The summed E-state index contributed by atoms with van der Waals surface area (Å²) >= 11 is 0. The molecule has 0 saturated heterocycles. The minimum absolute atomic E-state index is 0.0161. The summed E-state index contributed by atoms with van der Waals surface area (Å²) in [4.78, 5) is 35.2. The van der Waals surface area contributed by atoms with E-state index in [0.29, 0.717) is 5.56 Å². The van der Waals surface area contributed by atoms with Gasteiger partial charge in [0.25, 0.3) is 0 Å². The van der Waals surface area contributed by atoms with Gasteiger partial charge >= 0.3 is 0 Å². The van der Waals surface area contributed by atoms with Crippen LogP contribution in [-0.2, 0) is 0 Å². The van der Waals surface area contributed by atoms with Gasteiger partial charge in [-0.1, -0.05) is 12.1 Å². The average Bonchev–Trinajstić information content (AvgIpc) is 2.81. The Hall–Kier alpha value is -2.69. The van der Waals surface area contributed by atoms with E-state index >= 15 is 0 Å². The Morgan fingerprint density at radius 1 is 1.16 bits per heavy atom. The van der Waals surface area contributed by atoms with Crippen molar-refractivity contribution in [3.63, 3.8) is 0 Å². The van der Waals surface area contributed by atoms with Crippen molar-refractivity contribution in [2.75, 3.05) is 0 Å². The molecule has 1 aliphatic rings. The van der Waals surface area contributed by atoms with Crippen molar-refractivity contribution >= 4 is 17.3 Å². The van der Waals surface area contributed by atoms with Gasteiger partial charge < -0.3 is 9.52 Å². The van der Waals surface area contributed by atoms with Gasteiger partial charge in [-0.2, -0.15) is 0 Å². The highest BCUT2D eigenvalue weighted by Gasteiger charge is 2.36. The van der Waals surface area contributed by atoms with Gasteiger partial charge in [0.2, 0.25) is 11.6 Å². The summed E-state index contributed by atoms with van der Waals surface area (Å²) in [5.41, 5.74) is 0.310. The van der Waals surface area contributed by atoms with Crippen LogP contribution in [0.4, 0.5) is 0 Å². The minimum Gasteiger partial charge on any atom is -0.507 e. The Morgan fingerprint density at radius 3 is 2.58 bits per heavy atom. The summed E-state index contributed by atoms with van der Waals surface area (Å²) in [5.74, 6) is -2.02. The third-order valence-corrected chi connectivity index (χ3v) is 3.04. The van der Waals surface area contributed by atoms with Gasteiger partial charge in [0, 0.05) is 12.5 Å². The lowest BCUT2D eigenvalue weighted by atomic mass is 9.88. The first-order chi connectivity index (χ1) is 9.00. The second-order valence-corrected chi connectivity index (χ2v) is 4.27. The zero-order valence-corrected chi connectivity index (χ0v) is 9.89. The lowest BCUT2D eigenvalue weighted by Crippen LogP contribution is -2.20. The number of furan rings is 1. The average molecular weight is 256 g/mol. The molecular formula is C14H8O5. The van der Waals surface area contributed by atoms with Gasteiger partial charge in [-0.25, -0.2) is 0 Å². The molecule has 0 bridgehead atoms. The molecule has 0 radical (unpaired) electrons. The highest BCUT2D eigenvalue weighted by atomic mass is 16.3. The number of aromatic hydroxyl groups is 1. The predicted octanol–water partition coefficient (Wildman–Crippen LogP) is 2.23. The first-order valence-corrected chi connectivity index (χ1v) is 5.57. The molecule has 3 rings (SSSR count). The number of phenols is 1. The Morgan fingerprint density at radius 2 is 1.89 bits per heavy atom. The van der Waals surface area contributed by atoms with Crippen LogP contribution < -0.4 is 0 Å². The number of hydrogen-bond donors (Lipinski definition) is 1. The maximum Gasteiger partial charge on any atom is 0.238 e. The van der Waals surface area contributed by atoms with Crippen molar-refractivity contribution in [2.24, 2.45) is 0 Å². The number of Topliss-reactive ketones (excluding diaryl/α,β-unsaturated/α-hetero) is 3. The van der Waals surface area contributed by atoms with Crippen molar-refractivity contribution in [2.45, 2.75) is 6.92 Å². The topological polar surface area (TPSA) is 84.6 Å².